The Labute approximate surface area is 146 Å². The van der Waals surface area contributed by atoms with Gasteiger partial charge < -0.3 is 14.8 Å². The summed E-state index contributed by atoms with van der Waals surface area (Å²) in [5.74, 6) is 2.37. The Morgan fingerprint density at radius 1 is 1.17 bits per heavy atom. The summed E-state index contributed by atoms with van der Waals surface area (Å²) in [5.41, 5.74) is 1.71. The fraction of sp³-hybridized carbons (Fsp3) is 0.316. The molecule has 3 rings (SSSR count). The molecular formula is C19H21NO3S. The van der Waals surface area contributed by atoms with Crippen LogP contribution >= 0.6 is 11.8 Å². The number of fused-ring (bicyclic) bond motifs is 1. The molecule has 1 aliphatic rings. The normalized spacial score (nSPS) is 14.1. The molecule has 2 aromatic rings. The minimum atomic E-state index is -0.118. The topological polar surface area (TPSA) is 47.6 Å². The second-order valence-electron chi connectivity index (χ2n) is 5.53. The minimum absolute atomic E-state index is 0.0612. The van der Waals surface area contributed by atoms with Crippen molar-refractivity contribution in [3.8, 4) is 11.5 Å². The summed E-state index contributed by atoms with van der Waals surface area (Å²) in [6.45, 7) is 5.18. The van der Waals surface area contributed by atoms with Gasteiger partial charge in [0.2, 0.25) is 0 Å². The Morgan fingerprint density at radius 3 is 2.71 bits per heavy atom. The largest absolute Gasteiger partial charge is 0.486 e. The van der Waals surface area contributed by atoms with E-state index in [1.54, 1.807) is 11.8 Å². The van der Waals surface area contributed by atoms with Crippen molar-refractivity contribution in [2.24, 2.45) is 0 Å². The van der Waals surface area contributed by atoms with Crippen LogP contribution in [0.15, 0.2) is 47.4 Å². The van der Waals surface area contributed by atoms with Crippen molar-refractivity contribution < 1.29 is 14.3 Å². The number of benzene rings is 2. The van der Waals surface area contributed by atoms with E-state index < -0.39 is 0 Å². The van der Waals surface area contributed by atoms with Crippen LogP contribution in [-0.4, -0.2) is 24.9 Å². The fourth-order valence-electron chi connectivity index (χ4n) is 2.62. The van der Waals surface area contributed by atoms with Gasteiger partial charge in [0.25, 0.3) is 5.91 Å². The molecule has 4 nitrogen and oxygen atoms in total. The van der Waals surface area contributed by atoms with Gasteiger partial charge in [-0.2, -0.15) is 0 Å². The molecule has 0 fully saturated rings. The number of amides is 1. The van der Waals surface area contributed by atoms with Crippen LogP contribution < -0.4 is 14.8 Å². The van der Waals surface area contributed by atoms with Crippen molar-refractivity contribution in [3.63, 3.8) is 0 Å². The molecule has 0 radical (unpaired) electrons. The van der Waals surface area contributed by atoms with E-state index in [0.717, 1.165) is 27.7 Å². The molecule has 0 unspecified atom stereocenters. The van der Waals surface area contributed by atoms with Crippen LogP contribution in [-0.2, 0) is 0 Å². The van der Waals surface area contributed by atoms with Gasteiger partial charge in [-0.1, -0.05) is 25.1 Å². The van der Waals surface area contributed by atoms with E-state index in [1.807, 2.05) is 49.4 Å². The van der Waals surface area contributed by atoms with E-state index in [-0.39, 0.29) is 11.9 Å². The Balaban J connectivity index is 1.75. The first kappa shape index (κ1) is 16.7. The van der Waals surface area contributed by atoms with Gasteiger partial charge in [0.1, 0.15) is 13.2 Å². The molecule has 5 heteroatoms. The van der Waals surface area contributed by atoms with Gasteiger partial charge in [0.05, 0.1) is 11.6 Å². The predicted molar refractivity (Wildman–Crippen MR) is 96.2 cm³/mol. The molecule has 1 aliphatic heterocycles. The number of hydrogen-bond acceptors (Lipinski definition) is 4. The molecule has 24 heavy (non-hydrogen) atoms. The molecule has 0 saturated heterocycles. The second kappa shape index (κ2) is 7.62. The molecule has 1 amide bonds. The monoisotopic (exact) mass is 343 g/mol. The van der Waals surface area contributed by atoms with E-state index in [9.17, 15) is 4.79 Å². The van der Waals surface area contributed by atoms with Crippen molar-refractivity contribution >= 4 is 17.7 Å². The number of thioether (sulfide) groups is 1. The zero-order valence-electron chi connectivity index (χ0n) is 13.9. The maximum Gasteiger partial charge on any atom is 0.252 e. The number of rotatable bonds is 5. The molecule has 0 aliphatic carbocycles. The van der Waals surface area contributed by atoms with Crippen molar-refractivity contribution in [1.82, 2.24) is 5.32 Å². The molecule has 0 saturated carbocycles. The van der Waals surface area contributed by atoms with Crippen molar-refractivity contribution in [1.29, 1.82) is 0 Å². The lowest BCUT2D eigenvalue weighted by atomic mass is 10.1. The molecule has 0 spiro atoms. The summed E-state index contributed by atoms with van der Waals surface area (Å²) >= 11 is 1.67. The lowest BCUT2D eigenvalue weighted by Gasteiger charge is -2.21. The van der Waals surface area contributed by atoms with Gasteiger partial charge in [-0.15, -0.1) is 11.8 Å². The maximum atomic E-state index is 12.6. The third kappa shape index (κ3) is 3.67. The SMILES string of the molecule is CCSc1ccccc1C(=O)N[C@H](C)c1ccc2c(c1)OCCO2. The van der Waals surface area contributed by atoms with Crippen LogP contribution in [0.2, 0.25) is 0 Å². The van der Waals surface area contributed by atoms with Gasteiger partial charge in [-0.25, -0.2) is 0 Å². The van der Waals surface area contributed by atoms with Crippen LogP contribution in [0.3, 0.4) is 0 Å². The Morgan fingerprint density at radius 2 is 1.92 bits per heavy atom. The standard InChI is InChI=1S/C19H21NO3S/c1-3-24-18-7-5-4-6-15(18)19(21)20-13(2)14-8-9-16-17(12-14)23-11-10-22-16/h4-9,12-13H,3,10-11H2,1-2H3,(H,20,21)/t13-/m1/s1. The molecule has 0 aromatic heterocycles. The highest BCUT2D eigenvalue weighted by atomic mass is 32.2. The van der Waals surface area contributed by atoms with Crippen molar-refractivity contribution in [3.05, 3.63) is 53.6 Å². The lowest BCUT2D eigenvalue weighted by molar-refractivity contribution is 0.0936. The Hall–Kier alpha value is -2.14. The van der Waals surface area contributed by atoms with Crippen LogP contribution in [0.5, 0.6) is 11.5 Å². The molecule has 0 bridgehead atoms. The first-order valence-electron chi connectivity index (χ1n) is 8.11. The summed E-state index contributed by atoms with van der Waals surface area (Å²) in [6, 6.07) is 13.4. The van der Waals surface area contributed by atoms with Gasteiger partial charge in [-0.3, -0.25) is 4.79 Å². The average Bonchev–Trinajstić information content (AvgIpc) is 2.62. The summed E-state index contributed by atoms with van der Waals surface area (Å²) in [6.07, 6.45) is 0. The molecule has 1 heterocycles. The molecule has 2 aromatic carbocycles. The second-order valence-corrected chi connectivity index (χ2v) is 6.83. The van der Waals surface area contributed by atoms with Gasteiger partial charge in [0.15, 0.2) is 11.5 Å². The number of ether oxygens (including phenoxy) is 2. The number of hydrogen-bond donors (Lipinski definition) is 1. The number of carbonyl (C=O) groups is 1. The fourth-order valence-corrected chi connectivity index (χ4v) is 3.42. The summed E-state index contributed by atoms with van der Waals surface area (Å²) < 4.78 is 11.2. The quantitative estimate of drug-likeness (QED) is 0.832. The molecule has 1 N–H and O–H groups in total. The van der Waals surface area contributed by atoms with Crippen LogP contribution in [0.25, 0.3) is 0 Å². The van der Waals surface area contributed by atoms with E-state index >= 15 is 0 Å². The van der Waals surface area contributed by atoms with Crippen molar-refractivity contribution in [2.75, 3.05) is 19.0 Å². The lowest BCUT2D eigenvalue weighted by Crippen LogP contribution is -2.27. The van der Waals surface area contributed by atoms with Gasteiger partial charge in [-0.05, 0) is 42.5 Å². The van der Waals surface area contributed by atoms with Crippen LogP contribution in [0.1, 0.15) is 35.8 Å². The van der Waals surface area contributed by atoms with E-state index in [0.29, 0.717) is 18.8 Å². The maximum absolute atomic E-state index is 12.6. The first-order chi connectivity index (χ1) is 11.7. The average molecular weight is 343 g/mol. The van der Waals surface area contributed by atoms with E-state index in [2.05, 4.69) is 12.2 Å². The van der Waals surface area contributed by atoms with Crippen LogP contribution in [0, 0.1) is 0 Å². The zero-order chi connectivity index (χ0) is 16.9. The van der Waals surface area contributed by atoms with Crippen LogP contribution in [0.4, 0.5) is 0 Å². The predicted octanol–water partition coefficient (Wildman–Crippen LogP) is 4.06. The highest BCUT2D eigenvalue weighted by Gasteiger charge is 2.17. The molecular weight excluding hydrogens is 322 g/mol. The smallest absolute Gasteiger partial charge is 0.252 e. The number of nitrogens with one attached hydrogen (secondary N) is 1. The first-order valence-corrected chi connectivity index (χ1v) is 9.10. The van der Waals surface area contributed by atoms with E-state index in [1.165, 1.54) is 0 Å². The third-order valence-electron chi connectivity index (χ3n) is 3.85. The van der Waals surface area contributed by atoms with Gasteiger partial charge in [0, 0.05) is 4.90 Å². The van der Waals surface area contributed by atoms with E-state index in [4.69, 9.17) is 9.47 Å². The Bertz CT molecular complexity index is 732. The molecule has 1 atom stereocenters. The Kier molecular flexibility index (Phi) is 5.30. The number of carbonyl (C=O) groups excluding carboxylic acids is 1. The van der Waals surface area contributed by atoms with Crippen molar-refractivity contribution in [2.45, 2.75) is 24.8 Å². The zero-order valence-corrected chi connectivity index (χ0v) is 14.7. The van der Waals surface area contributed by atoms with Gasteiger partial charge >= 0.3 is 0 Å². The molecule has 126 valence electrons. The minimum Gasteiger partial charge on any atom is -0.486 e. The summed E-state index contributed by atoms with van der Waals surface area (Å²) in [7, 11) is 0. The summed E-state index contributed by atoms with van der Waals surface area (Å²) in [4.78, 5) is 13.6. The third-order valence-corrected chi connectivity index (χ3v) is 4.80. The summed E-state index contributed by atoms with van der Waals surface area (Å²) in [5, 5.41) is 3.07. The highest BCUT2D eigenvalue weighted by molar-refractivity contribution is 7.99. The highest BCUT2D eigenvalue weighted by Crippen LogP contribution is 2.32.